The van der Waals surface area contributed by atoms with Crippen molar-refractivity contribution < 1.29 is 0 Å². The molecule has 3 heteroatoms. The highest BCUT2D eigenvalue weighted by Gasteiger charge is 1.97. The Morgan fingerprint density at radius 1 is 1.00 bits per heavy atom. The standard InChI is InChI=1S/C8H13N3/c1-4-5-8-10-6(2)9-7(3)11-8/h4-5H2,1-3H3. The third-order valence-corrected chi connectivity index (χ3v) is 1.38. The molecule has 0 saturated heterocycles. The Balaban J connectivity index is 2.89. The van der Waals surface area contributed by atoms with Gasteiger partial charge in [-0.05, 0) is 20.3 Å². The van der Waals surface area contributed by atoms with Crippen LogP contribution in [0.3, 0.4) is 0 Å². The summed E-state index contributed by atoms with van der Waals surface area (Å²) in [6.07, 6.45) is 2.03. The van der Waals surface area contributed by atoms with Crippen molar-refractivity contribution in [3.05, 3.63) is 17.5 Å². The van der Waals surface area contributed by atoms with E-state index < -0.39 is 0 Å². The highest BCUT2D eigenvalue weighted by Crippen LogP contribution is 1.96. The van der Waals surface area contributed by atoms with Gasteiger partial charge in [0.1, 0.15) is 17.5 Å². The zero-order chi connectivity index (χ0) is 8.27. The van der Waals surface area contributed by atoms with Crippen LogP contribution >= 0.6 is 0 Å². The summed E-state index contributed by atoms with van der Waals surface area (Å²) in [4.78, 5) is 12.5. The lowest BCUT2D eigenvalue weighted by molar-refractivity contribution is 0.780. The molecule has 0 saturated carbocycles. The first-order valence-electron chi connectivity index (χ1n) is 3.90. The van der Waals surface area contributed by atoms with E-state index in [1.165, 1.54) is 0 Å². The molecule has 1 heterocycles. The number of aryl methyl sites for hydroxylation is 3. The number of aromatic nitrogens is 3. The van der Waals surface area contributed by atoms with Gasteiger partial charge in [0, 0.05) is 6.42 Å². The van der Waals surface area contributed by atoms with Gasteiger partial charge in [-0.1, -0.05) is 6.92 Å². The molecule has 1 aromatic heterocycles. The van der Waals surface area contributed by atoms with Crippen molar-refractivity contribution in [3.63, 3.8) is 0 Å². The summed E-state index contributed by atoms with van der Waals surface area (Å²) in [5.41, 5.74) is 0. The molecule has 0 aliphatic rings. The Morgan fingerprint density at radius 2 is 1.55 bits per heavy atom. The zero-order valence-electron chi connectivity index (χ0n) is 7.26. The predicted octanol–water partition coefficient (Wildman–Crippen LogP) is 1.44. The van der Waals surface area contributed by atoms with Crippen LogP contribution in [-0.4, -0.2) is 15.0 Å². The Bertz CT molecular complexity index is 225. The highest BCUT2D eigenvalue weighted by molar-refractivity contribution is 4.94. The van der Waals surface area contributed by atoms with E-state index in [4.69, 9.17) is 0 Å². The number of hydrogen-bond donors (Lipinski definition) is 0. The van der Waals surface area contributed by atoms with E-state index in [0.29, 0.717) is 0 Å². The summed E-state index contributed by atoms with van der Waals surface area (Å²) in [6.45, 7) is 5.91. The first kappa shape index (κ1) is 8.11. The van der Waals surface area contributed by atoms with E-state index in [2.05, 4.69) is 21.9 Å². The Hall–Kier alpha value is -0.990. The maximum atomic E-state index is 4.20. The van der Waals surface area contributed by atoms with Crippen LogP contribution in [0.2, 0.25) is 0 Å². The van der Waals surface area contributed by atoms with Gasteiger partial charge in [-0.25, -0.2) is 15.0 Å². The molecule has 0 aromatic carbocycles. The van der Waals surface area contributed by atoms with Gasteiger partial charge >= 0.3 is 0 Å². The van der Waals surface area contributed by atoms with Crippen molar-refractivity contribution in [2.24, 2.45) is 0 Å². The van der Waals surface area contributed by atoms with Crippen LogP contribution in [0.5, 0.6) is 0 Å². The zero-order valence-corrected chi connectivity index (χ0v) is 7.26. The smallest absolute Gasteiger partial charge is 0.132 e. The van der Waals surface area contributed by atoms with Crippen molar-refractivity contribution >= 4 is 0 Å². The van der Waals surface area contributed by atoms with Crippen molar-refractivity contribution in [3.8, 4) is 0 Å². The molecule has 0 unspecified atom stereocenters. The monoisotopic (exact) mass is 151 g/mol. The molecular weight excluding hydrogens is 138 g/mol. The molecule has 11 heavy (non-hydrogen) atoms. The van der Waals surface area contributed by atoms with Crippen LogP contribution in [0.4, 0.5) is 0 Å². The van der Waals surface area contributed by atoms with Gasteiger partial charge in [0.2, 0.25) is 0 Å². The van der Waals surface area contributed by atoms with Crippen molar-refractivity contribution in [1.82, 2.24) is 15.0 Å². The maximum absolute atomic E-state index is 4.20. The second-order valence-corrected chi connectivity index (χ2v) is 2.60. The average molecular weight is 151 g/mol. The van der Waals surface area contributed by atoms with E-state index >= 15 is 0 Å². The lowest BCUT2D eigenvalue weighted by Crippen LogP contribution is -2.01. The summed E-state index contributed by atoms with van der Waals surface area (Å²) < 4.78 is 0. The minimum Gasteiger partial charge on any atom is -0.219 e. The van der Waals surface area contributed by atoms with Crippen molar-refractivity contribution in [2.45, 2.75) is 33.6 Å². The predicted molar refractivity (Wildman–Crippen MR) is 43.3 cm³/mol. The molecule has 0 spiro atoms. The Morgan fingerprint density at radius 3 is 2.00 bits per heavy atom. The summed E-state index contributed by atoms with van der Waals surface area (Å²) in [5.74, 6) is 2.56. The molecule has 0 aliphatic heterocycles. The molecule has 0 amide bonds. The van der Waals surface area contributed by atoms with Gasteiger partial charge in [0.25, 0.3) is 0 Å². The van der Waals surface area contributed by atoms with E-state index in [0.717, 1.165) is 30.3 Å². The summed E-state index contributed by atoms with van der Waals surface area (Å²) in [5, 5.41) is 0. The average Bonchev–Trinajstić information content (AvgIpc) is 1.85. The van der Waals surface area contributed by atoms with E-state index in [1.54, 1.807) is 0 Å². The molecule has 1 rings (SSSR count). The topological polar surface area (TPSA) is 38.7 Å². The molecular formula is C8H13N3. The van der Waals surface area contributed by atoms with Gasteiger partial charge in [0.15, 0.2) is 0 Å². The first-order valence-corrected chi connectivity index (χ1v) is 3.90. The van der Waals surface area contributed by atoms with Crippen LogP contribution in [0.15, 0.2) is 0 Å². The molecule has 60 valence electrons. The third-order valence-electron chi connectivity index (χ3n) is 1.38. The van der Waals surface area contributed by atoms with E-state index in [9.17, 15) is 0 Å². The quantitative estimate of drug-likeness (QED) is 0.642. The summed E-state index contributed by atoms with van der Waals surface area (Å²) >= 11 is 0. The van der Waals surface area contributed by atoms with Gasteiger partial charge in [0.05, 0.1) is 0 Å². The van der Waals surface area contributed by atoms with Crippen LogP contribution in [0.25, 0.3) is 0 Å². The fraction of sp³-hybridized carbons (Fsp3) is 0.625. The van der Waals surface area contributed by atoms with Gasteiger partial charge in [-0.2, -0.15) is 0 Å². The lowest BCUT2D eigenvalue weighted by Gasteiger charge is -1.99. The normalized spacial score (nSPS) is 10.1. The van der Waals surface area contributed by atoms with E-state index in [-0.39, 0.29) is 0 Å². The molecule has 0 fully saturated rings. The maximum Gasteiger partial charge on any atom is 0.132 e. The summed E-state index contributed by atoms with van der Waals surface area (Å²) in [6, 6.07) is 0. The van der Waals surface area contributed by atoms with Crippen molar-refractivity contribution in [1.29, 1.82) is 0 Å². The fourth-order valence-electron chi connectivity index (χ4n) is 1.02. The van der Waals surface area contributed by atoms with Crippen molar-refractivity contribution in [2.75, 3.05) is 0 Å². The van der Waals surface area contributed by atoms with Crippen LogP contribution < -0.4 is 0 Å². The first-order chi connectivity index (χ1) is 5.22. The molecule has 0 bridgehead atoms. The number of hydrogen-bond acceptors (Lipinski definition) is 3. The van der Waals surface area contributed by atoms with Gasteiger partial charge in [-0.3, -0.25) is 0 Å². The summed E-state index contributed by atoms with van der Waals surface area (Å²) in [7, 11) is 0. The lowest BCUT2D eigenvalue weighted by atomic mass is 10.3. The molecule has 1 aromatic rings. The minimum absolute atomic E-state index is 0.820. The Kier molecular flexibility index (Phi) is 2.52. The van der Waals surface area contributed by atoms with Crippen LogP contribution in [0.1, 0.15) is 30.8 Å². The van der Waals surface area contributed by atoms with Crippen LogP contribution in [-0.2, 0) is 6.42 Å². The minimum atomic E-state index is 0.820. The van der Waals surface area contributed by atoms with Gasteiger partial charge < -0.3 is 0 Å². The Labute approximate surface area is 66.9 Å². The molecule has 3 nitrogen and oxygen atoms in total. The number of rotatable bonds is 2. The van der Waals surface area contributed by atoms with Crippen LogP contribution in [0, 0.1) is 13.8 Å². The molecule has 0 aliphatic carbocycles. The number of nitrogens with zero attached hydrogens (tertiary/aromatic N) is 3. The third kappa shape index (κ3) is 2.26. The fourth-order valence-corrected chi connectivity index (χ4v) is 1.02. The highest BCUT2D eigenvalue weighted by atomic mass is 15.0. The molecule has 0 radical (unpaired) electrons. The molecule has 0 atom stereocenters. The SMILES string of the molecule is CCCc1nc(C)nc(C)n1. The second kappa shape index (κ2) is 3.42. The molecule has 0 N–H and O–H groups in total. The van der Waals surface area contributed by atoms with E-state index in [1.807, 2.05) is 13.8 Å². The largest absolute Gasteiger partial charge is 0.219 e. The second-order valence-electron chi connectivity index (χ2n) is 2.60. The van der Waals surface area contributed by atoms with Gasteiger partial charge in [-0.15, -0.1) is 0 Å².